The largest absolute Gasteiger partial charge is 0.449 e. The summed E-state index contributed by atoms with van der Waals surface area (Å²) in [5.41, 5.74) is 10.5. The van der Waals surface area contributed by atoms with Crippen molar-refractivity contribution in [2.24, 2.45) is 11.5 Å². The molecule has 5 N–H and O–H groups in total. The van der Waals surface area contributed by atoms with E-state index in [1.54, 1.807) is 0 Å². The molecule has 6 heteroatoms. The van der Waals surface area contributed by atoms with Crippen LogP contribution in [0.3, 0.4) is 0 Å². The standard InChI is InChI=1S/C10H19N3O3/c11-7-1-3-8(4-2-7)13-9(14)5-6-16-10(12)15/h7-8H,1-6,11H2,(H2,12,15)(H,13,14). The zero-order chi connectivity index (χ0) is 12.0. The molecule has 16 heavy (non-hydrogen) atoms. The zero-order valence-corrected chi connectivity index (χ0v) is 9.28. The molecule has 1 aliphatic rings. The molecule has 0 radical (unpaired) electrons. The molecule has 0 heterocycles. The third-order valence-corrected chi connectivity index (χ3v) is 2.71. The molecule has 0 saturated heterocycles. The quantitative estimate of drug-likeness (QED) is 0.623. The summed E-state index contributed by atoms with van der Waals surface area (Å²) in [6, 6.07) is 0.479. The maximum absolute atomic E-state index is 11.4. The Balaban J connectivity index is 2.11. The first-order valence-electron chi connectivity index (χ1n) is 5.55. The van der Waals surface area contributed by atoms with E-state index < -0.39 is 6.09 Å². The number of carbonyl (C=O) groups is 2. The Morgan fingerprint density at radius 1 is 1.25 bits per heavy atom. The summed E-state index contributed by atoms with van der Waals surface area (Å²) in [4.78, 5) is 21.7. The summed E-state index contributed by atoms with van der Waals surface area (Å²) in [6.45, 7) is 0.0351. The first kappa shape index (κ1) is 12.8. The van der Waals surface area contributed by atoms with Crippen molar-refractivity contribution < 1.29 is 14.3 Å². The van der Waals surface area contributed by atoms with Gasteiger partial charge in [-0.1, -0.05) is 0 Å². The van der Waals surface area contributed by atoms with Crippen LogP contribution in [0.1, 0.15) is 32.1 Å². The lowest BCUT2D eigenvalue weighted by atomic mass is 9.92. The van der Waals surface area contributed by atoms with Crippen molar-refractivity contribution in [2.75, 3.05) is 6.61 Å². The van der Waals surface area contributed by atoms with Crippen LogP contribution in [0.4, 0.5) is 4.79 Å². The Hall–Kier alpha value is -1.30. The van der Waals surface area contributed by atoms with E-state index in [-0.39, 0.29) is 31.0 Å². The van der Waals surface area contributed by atoms with E-state index in [4.69, 9.17) is 11.5 Å². The van der Waals surface area contributed by atoms with E-state index in [2.05, 4.69) is 10.1 Å². The molecule has 0 bridgehead atoms. The van der Waals surface area contributed by atoms with E-state index in [1.165, 1.54) is 0 Å². The number of primary amides is 1. The minimum atomic E-state index is -0.851. The first-order chi connectivity index (χ1) is 7.58. The van der Waals surface area contributed by atoms with E-state index in [0.717, 1.165) is 25.7 Å². The minimum absolute atomic E-state index is 0.0351. The molecule has 2 amide bonds. The fourth-order valence-electron chi connectivity index (χ4n) is 1.81. The second-order valence-electron chi connectivity index (χ2n) is 4.10. The summed E-state index contributed by atoms with van der Waals surface area (Å²) in [7, 11) is 0. The molecular formula is C10H19N3O3. The van der Waals surface area contributed by atoms with Gasteiger partial charge in [-0.05, 0) is 25.7 Å². The number of carbonyl (C=O) groups excluding carboxylic acids is 2. The van der Waals surface area contributed by atoms with Gasteiger partial charge in [0.15, 0.2) is 0 Å². The summed E-state index contributed by atoms with van der Waals surface area (Å²) in [5.74, 6) is -0.110. The molecule has 0 aliphatic heterocycles. The van der Waals surface area contributed by atoms with Gasteiger partial charge in [-0.2, -0.15) is 0 Å². The molecule has 92 valence electrons. The molecule has 1 saturated carbocycles. The van der Waals surface area contributed by atoms with Crippen LogP contribution in [-0.2, 0) is 9.53 Å². The molecule has 0 unspecified atom stereocenters. The lowest BCUT2D eigenvalue weighted by Gasteiger charge is -2.26. The molecule has 0 atom stereocenters. The van der Waals surface area contributed by atoms with Gasteiger partial charge in [0.2, 0.25) is 5.91 Å². The van der Waals surface area contributed by atoms with Crippen LogP contribution in [0.15, 0.2) is 0 Å². The third-order valence-electron chi connectivity index (χ3n) is 2.71. The number of nitrogens with two attached hydrogens (primary N) is 2. The topological polar surface area (TPSA) is 107 Å². The lowest BCUT2D eigenvalue weighted by Crippen LogP contribution is -2.40. The highest BCUT2D eigenvalue weighted by Gasteiger charge is 2.19. The van der Waals surface area contributed by atoms with Crippen LogP contribution in [-0.4, -0.2) is 30.7 Å². The number of ether oxygens (including phenoxy) is 1. The molecule has 0 aromatic heterocycles. The smallest absolute Gasteiger partial charge is 0.404 e. The summed E-state index contributed by atoms with van der Waals surface area (Å²) in [5, 5.41) is 2.89. The maximum Gasteiger partial charge on any atom is 0.404 e. The van der Waals surface area contributed by atoms with E-state index in [0.29, 0.717) is 0 Å². The van der Waals surface area contributed by atoms with Gasteiger partial charge in [0.1, 0.15) is 6.61 Å². The molecular weight excluding hydrogens is 210 g/mol. The fraction of sp³-hybridized carbons (Fsp3) is 0.800. The van der Waals surface area contributed by atoms with Gasteiger partial charge in [-0.15, -0.1) is 0 Å². The molecule has 0 aromatic carbocycles. The number of amides is 2. The Morgan fingerprint density at radius 3 is 2.44 bits per heavy atom. The van der Waals surface area contributed by atoms with Gasteiger partial charge in [-0.3, -0.25) is 4.79 Å². The Labute approximate surface area is 94.7 Å². The van der Waals surface area contributed by atoms with E-state index in [9.17, 15) is 9.59 Å². The second kappa shape index (κ2) is 6.32. The highest BCUT2D eigenvalue weighted by Crippen LogP contribution is 2.16. The Kier molecular flexibility index (Phi) is 5.04. The van der Waals surface area contributed by atoms with Gasteiger partial charge in [0.25, 0.3) is 0 Å². The van der Waals surface area contributed by atoms with Gasteiger partial charge >= 0.3 is 6.09 Å². The van der Waals surface area contributed by atoms with Crippen LogP contribution >= 0.6 is 0 Å². The fourth-order valence-corrected chi connectivity index (χ4v) is 1.81. The SMILES string of the molecule is NC(=O)OCCC(=O)NC1CCC(N)CC1. The van der Waals surface area contributed by atoms with Crippen molar-refractivity contribution in [3.05, 3.63) is 0 Å². The van der Waals surface area contributed by atoms with Crippen molar-refractivity contribution in [1.29, 1.82) is 0 Å². The van der Waals surface area contributed by atoms with Gasteiger partial charge in [0, 0.05) is 12.1 Å². The third kappa shape index (κ3) is 4.97. The van der Waals surface area contributed by atoms with Crippen molar-refractivity contribution in [3.63, 3.8) is 0 Å². The van der Waals surface area contributed by atoms with Crippen LogP contribution in [0, 0.1) is 0 Å². The van der Waals surface area contributed by atoms with Crippen LogP contribution in [0.25, 0.3) is 0 Å². The molecule has 6 nitrogen and oxygen atoms in total. The van der Waals surface area contributed by atoms with Gasteiger partial charge in [-0.25, -0.2) is 4.79 Å². The average molecular weight is 229 g/mol. The molecule has 1 rings (SSSR count). The molecule has 1 aliphatic carbocycles. The number of hydrogen-bond acceptors (Lipinski definition) is 4. The van der Waals surface area contributed by atoms with Crippen molar-refractivity contribution >= 4 is 12.0 Å². The predicted molar refractivity (Wildman–Crippen MR) is 58.5 cm³/mol. The Morgan fingerprint density at radius 2 is 1.88 bits per heavy atom. The highest BCUT2D eigenvalue weighted by molar-refractivity contribution is 5.76. The van der Waals surface area contributed by atoms with Crippen LogP contribution < -0.4 is 16.8 Å². The van der Waals surface area contributed by atoms with Gasteiger partial charge < -0.3 is 21.5 Å². The van der Waals surface area contributed by atoms with Crippen molar-refractivity contribution in [1.82, 2.24) is 5.32 Å². The number of hydrogen-bond donors (Lipinski definition) is 3. The second-order valence-corrected chi connectivity index (χ2v) is 4.10. The highest BCUT2D eigenvalue weighted by atomic mass is 16.5. The van der Waals surface area contributed by atoms with E-state index >= 15 is 0 Å². The molecule has 0 spiro atoms. The number of rotatable bonds is 4. The molecule has 0 aromatic rings. The van der Waals surface area contributed by atoms with E-state index in [1.807, 2.05) is 0 Å². The predicted octanol–water partition coefficient (Wildman–Crippen LogP) is -0.142. The first-order valence-corrected chi connectivity index (χ1v) is 5.55. The van der Waals surface area contributed by atoms with Crippen molar-refractivity contribution in [3.8, 4) is 0 Å². The van der Waals surface area contributed by atoms with Crippen molar-refractivity contribution in [2.45, 2.75) is 44.2 Å². The monoisotopic (exact) mass is 229 g/mol. The Bertz CT molecular complexity index is 250. The van der Waals surface area contributed by atoms with Gasteiger partial charge in [0.05, 0.1) is 6.42 Å². The number of nitrogens with one attached hydrogen (secondary N) is 1. The summed E-state index contributed by atoms with van der Waals surface area (Å²) in [6.07, 6.45) is 3.04. The minimum Gasteiger partial charge on any atom is -0.449 e. The average Bonchev–Trinajstić information content (AvgIpc) is 2.21. The normalized spacial score (nSPS) is 24.8. The summed E-state index contributed by atoms with van der Waals surface area (Å²) < 4.78 is 4.48. The van der Waals surface area contributed by atoms with Crippen LogP contribution in [0.2, 0.25) is 0 Å². The maximum atomic E-state index is 11.4. The molecule has 1 fully saturated rings. The lowest BCUT2D eigenvalue weighted by molar-refractivity contribution is -0.122. The van der Waals surface area contributed by atoms with Crippen LogP contribution in [0.5, 0.6) is 0 Å². The zero-order valence-electron chi connectivity index (χ0n) is 9.28. The summed E-state index contributed by atoms with van der Waals surface area (Å²) >= 11 is 0.